The molecule has 0 heterocycles. The van der Waals surface area contributed by atoms with E-state index in [-0.39, 0.29) is 12.2 Å². The molecule has 20 heavy (non-hydrogen) atoms. The molecule has 1 N–H and O–H groups in total. The van der Waals surface area contributed by atoms with Crippen LogP contribution >= 0.6 is 0 Å². The quantitative estimate of drug-likeness (QED) is 0.581. The Labute approximate surface area is 116 Å². The van der Waals surface area contributed by atoms with Gasteiger partial charge in [0, 0.05) is 24.4 Å². The van der Waals surface area contributed by atoms with Gasteiger partial charge in [-0.3, -0.25) is 14.9 Å². The molecule has 1 aromatic carbocycles. The lowest BCUT2D eigenvalue weighted by Crippen LogP contribution is -2.30. The van der Waals surface area contributed by atoms with Crippen molar-refractivity contribution in [3.05, 3.63) is 28.3 Å². The molecule has 0 saturated heterocycles. The van der Waals surface area contributed by atoms with Gasteiger partial charge in [-0.25, -0.2) is 0 Å². The van der Waals surface area contributed by atoms with Crippen molar-refractivity contribution in [1.82, 2.24) is 0 Å². The van der Waals surface area contributed by atoms with Gasteiger partial charge in [0.05, 0.1) is 17.6 Å². The summed E-state index contributed by atoms with van der Waals surface area (Å²) in [4.78, 5) is 22.9. The summed E-state index contributed by atoms with van der Waals surface area (Å²) in [6.45, 7) is 4.36. The van der Waals surface area contributed by atoms with E-state index in [0.717, 1.165) is 6.42 Å². The van der Waals surface area contributed by atoms with Crippen molar-refractivity contribution in [2.24, 2.45) is 0 Å². The number of carbonyl (C=O) groups is 1. The second-order valence-corrected chi connectivity index (χ2v) is 4.19. The van der Waals surface area contributed by atoms with Crippen molar-refractivity contribution >= 4 is 17.3 Å². The van der Waals surface area contributed by atoms with Gasteiger partial charge in [-0.15, -0.1) is 0 Å². The molecule has 0 aliphatic heterocycles. The van der Waals surface area contributed by atoms with Crippen molar-refractivity contribution in [3.8, 4) is 5.75 Å². The number of ether oxygens (including phenoxy) is 1. The Morgan fingerprint density at radius 3 is 2.60 bits per heavy atom. The van der Waals surface area contributed by atoms with E-state index in [9.17, 15) is 14.9 Å². The number of anilines is 1. The topological polar surface area (TPSA) is 92.9 Å². The summed E-state index contributed by atoms with van der Waals surface area (Å²) >= 11 is 0. The summed E-state index contributed by atoms with van der Waals surface area (Å²) in [5.41, 5.74) is 0.365. The standard InChI is InChI=1S/C13H18N2O5/c1-3-5-14(9-13(16)17)10-6-11(15(18)19)8-12(7-10)20-4-2/h6-8H,3-5,9H2,1-2H3,(H,16,17). The molecule has 0 spiro atoms. The van der Waals surface area contributed by atoms with Crippen LogP contribution in [0, 0.1) is 10.1 Å². The van der Waals surface area contributed by atoms with Crippen molar-refractivity contribution in [1.29, 1.82) is 0 Å². The predicted octanol–water partition coefficient (Wildman–Crippen LogP) is 2.29. The molecule has 7 heteroatoms. The molecule has 1 rings (SSSR count). The van der Waals surface area contributed by atoms with Gasteiger partial charge in [-0.1, -0.05) is 6.92 Å². The van der Waals surface area contributed by atoms with Crippen LogP contribution in [-0.2, 0) is 4.79 Å². The highest BCUT2D eigenvalue weighted by atomic mass is 16.6. The van der Waals surface area contributed by atoms with Gasteiger partial charge < -0.3 is 14.7 Å². The Balaban J connectivity index is 3.17. The third-order valence-electron chi connectivity index (χ3n) is 2.58. The van der Waals surface area contributed by atoms with Crippen LogP contribution in [0.3, 0.4) is 0 Å². The zero-order valence-corrected chi connectivity index (χ0v) is 11.5. The molecule has 0 atom stereocenters. The molecule has 0 amide bonds. The number of carboxylic acid groups (broad SMARTS) is 1. The Kier molecular flexibility index (Phi) is 5.76. The number of nitro benzene ring substituents is 1. The minimum absolute atomic E-state index is 0.113. The fraction of sp³-hybridized carbons (Fsp3) is 0.462. The average Bonchev–Trinajstić information content (AvgIpc) is 2.37. The minimum Gasteiger partial charge on any atom is -0.494 e. The van der Waals surface area contributed by atoms with Gasteiger partial charge in [0.25, 0.3) is 5.69 Å². The third-order valence-corrected chi connectivity index (χ3v) is 2.58. The maximum atomic E-state index is 10.9. The van der Waals surface area contributed by atoms with E-state index in [1.807, 2.05) is 6.92 Å². The maximum absolute atomic E-state index is 10.9. The first-order valence-corrected chi connectivity index (χ1v) is 6.37. The van der Waals surface area contributed by atoms with Gasteiger partial charge in [-0.05, 0) is 13.3 Å². The largest absolute Gasteiger partial charge is 0.494 e. The van der Waals surface area contributed by atoms with Crippen LogP contribution in [-0.4, -0.2) is 35.7 Å². The average molecular weight is 282 g/mol. The number of nitro groups is 1. The maximum Gasteiger partial charge on any atom is 0.323 e. The smallest absolute Gasteiger partial charge is 0.323 e. The fourth-order valence-electron chi connectivity index (χ4n) is 1.84. The van der Waals surface area contributed by atoms with E-state index in [1.165, 1.54) is 12.1 Å². The van der Waals surface area contributed by atoms with Crippen LogP contribution in [0.5, 0.6) is 5.75 Å². The number of rotatable bonds is 8. The van der Waals surface area contributed by atoms with E-state index in [2.05, 4.69) is 0 Å². The van der Waals surface area contributed by atoms with Crippen molar-refractivity contribution in [2.45, 2.75) is 20.3 Å². The number of non-ortho nitro benzene ring substituents is 1. The van der Waals surface area contributed by atoms with E-state index < -0.39 is 10.9 Å². The zero-order chi connectivity index (χ0) is 15.1. The van der Waals surface area contributed by atoms with Gasteiger partial charge in [0.1, 0.15) is 12.3 Å². The Morgan fingerprint density at radius 2 is 2.10 bits per heavy atom. The molecular formula is C13H18N2O5. The van der Waals surface area contributed by atoms with E-state index in [0.29, 0.717) is 24.6 Å². The summed E-state index contributed by atoms with van der Waals surface area (Å²) in [5.74, 6) is -0.619. The fourth-order valence-corrected chi connectivity index (χ4v) is 1.84. The van der Waals surface area contributed by atoms with E-state index >= 15 is 0 Å². The first-order valence-electron chi connectivity index (χ1n) is 6.37. The highest BCUT2D eigenvalue weighted by molar-refractivity contribution is 5.74. The van der Waals surface area contributed by atoms with Crippen LogP contribution in [0.15, 0.2) is 18.2 Å². The Hall–Kier alpha value is -2.31. The van der Waals surface area contributed by atoms with Gasteiger partial charge in [0.2, 0.25) is 0 Å². The highest BCUT2D eigenvalue weighted by Gasteiger charge is 2.16. The van der Waals surface area contributed by atoms with Crippen LogP contribution in [0.2, 0.25) is 0 Å². The molecule has 7 nitrogen and oxygen atoms in total. The zero-order valence-electron chi connectivity index (χ0n) is 11.5. The normalized spacial score (nSPS) is 10.1. The van der Waals surface area contributed by atoms with Gasteiger partial charge >= 0.3 is 5.97 Å². The SMILES string of the molecule is CCCN(CC(=O)O)c1cc(OCC)cc([N+](=O)[O-])c1. The first-order chi connectivity index (χ1) is 9.47. The monoisotopic (exact) mass is 282 g/mol. The number of hydrogen-bond acceptors (Lipinski definition) is 5. The summed E-state index contributed by atoms with van der Waals surface area (Å²) in [6, 6.07) is 4.31. The third kappa shape index (κ3) is 4.42. The van der Waals surface area contributed by atoms with Crippen molar-refractivity contribution < 1.29 is 19.6 Å². The Bertz CT molecular complexity index is 490. The summed E-state index contributed by atoms with van der Waals surface area (Å²) in [7, 11) is 0. The lowest BCUT2D eigenvalue weighted by atomic mass is 10.2. The number of benzene rings is 1. The molecule has 1 aromatic rings. The Morgan fingerprint density at radius 1 is 1.40 bits per heavy atom. The summed E-state index contributed by atoms with van der Waals surface area (Å²) in [6.07, 6.45) is 0.736. The minimum atomic E-state index is -0.983. The van der Waals surface area contributed by atoms with Crippen LogP contribution in [0.25, 0.3) is 0 Å². The van der Waals surface area contributed by atoms with Crippen LogP contribution in [0.1, 0.15) is 20.3 Å². The first kappa shape index (κ1) is 15.7. The van der Waals surface area contributed by atoms with Crippen LogP contribution < -0.4 is 9.64 Å². The molecule has 0 fully saturated rings. The number of aliphatic carboxylic acids is 1. The molecule has 0 aliphatic rings. The molecule has 0 bridgehead atoms. The highest BCUT2D eigenvalue weighted by Crippen LogP contribution is 2.28. The lowest BCUT2D eigenvalue weighted by Gasteiger charge is -2.22. The predicted molar refractivity (Wildman–Crippen MR) is 74.4 cm³/mol. The molecular weight excluding hydrogens is 264 g/mol. The van der Waals surface area contributed by atoms with Gasteiger partial charge in [-0.2, -0.15) is 0 Å². The van der Waals surface area contributed by atoms with Crippen molar-refractivity contribution in [2.75, 3.05) is 24.6 Å². The van der Waals surface area contributed by atoms with Crippen LogP contribution in [0.4, 0.5) is 11.4 Å². The molecule has 110 valence electrons. The van der Waals surface area contributed by atoms with E-state index in [4.69, 9.17) is 9.84 Å². The van der Waals surface area contributed by atoms with E-state index in [1.54, 1.807) is 17.9 Å². The molecule has 0 saturated carbocycles. The number of nitrogens with zero attached hydrogens (tertiary/aromatic N) is 2. The second-order valence-electron chi connectivity index (χ2n) is 4.19. The molecule has 0 unspecified atom stereocenters. The number of carboxylic acids is 1. The lowest BCUT2D eigenvalue weighted by molar-refractivity contribution is -0.384. The molecule has 0 radical (unpaired) electrons. The summed E-state index contributed by atoms with van der Waals surface area (Å²) < 4.78 is 5.29. The molecule has 0 aromatic heterocycles. The van der Waals surface area contributed by atoms with Gasteiger partial charge in [0.15, 0.2) is 0 Å². The van der Waals surface area contributed by atoms with Crippen molar-refractivity contribution in [3.63, 3.8) is 0 Å². The second kappa shape index (κ2) is 7.32. The number of hydrogen-bond donors (Lipinski definition) is 1. The molecule has 0 aliphatic carbocycles. The summed E-state index contributed by atoms with van der Waals surface area (Å²) in [5, 5.41) is 19.8.